The Morgan fingerprint density at radius 1 is 1.29 bits per heavy atom. The highest BCUT2D eigenvalue weighted by Crippen LogP contribution is 2.18. The van der Waals surface area contributed by atoms with Gasteiger partial charge in [0.1, 0.15) is 0 Å². The van der Waals surface area contributed by atoms with Gasteiger partial charge in [0.05, 0.1) is 11.9 Å². The van der Waals surface area contributed by atoms with Gasteiger partial charge in [-0.1, -0.05) is 18.2 Å². The number of nitrogens with one attached hydrogen (secondary N) is 1. The highest BCUT2D eigenvalue weighted by Gasteiger charge is 2.15. The molecule has 1 aromatic heterocycles. The summed E-state index contributed by atoms with van der Waals surface area (Å²) in [5, 5.41) is 7.93. The van der Waals surface area contributed by atoms with E-state index in [1.165, 1.54) is 24.8 Å². The molecule has 0 aliphatic carbocycles. The number of guanidine groups is 1. The summed E-state index contributed by atoms with van der Waals surface area (Å²) in [5.74, 6) is 1.74. The minimum Gasteiger partial charge on any atom is -0.381 e. The molecule has 0 saturated carbocycles. The lowest BCUT2D eigenvalue weighted by Gasteiger charge is -2.26. The van der Waals surface area contributed by atoms with Gasteiger partial charge in [0.25, 0.3) is 0 Å². The van der Waals surface area contributed by atoms with Crippen LogP contribution in [0.15, 0.2) is 47.7 Å². The summed E-state index contributed by atoms with van der Waals surface area (Å²) in [6.45, 7) is 3.70. The lowest BCUT2D eigenvalue weighted by molar-refractivity contribution is 0.0625. The van der Waals surface area contributed by atoms with Crippen molar-refractivity contribution in [3.63, 3.8) is 0 Å². The molecule has 2 heterocycles. The molecule has 28 heavy (non-hydrogen) atoms. The molecular weight excluding hydrogens is 465 g/mol. The van der Waals surface area contributed by atoms with Gasteiger partial charge in [0.15, 0.2) is 5.96 Å². The van der Waals surface area contributed by atoms with E-state index in [4.69, 9.17) is 4.74 Å². The van der Waals surface area contributed by atoms with Gasteiger partial charge in [-0.05, 0) is 49.3 Å². The predicted octanol–water partition coefficient (Wildman–Crippen LogP) is 3.36. The summed E-state index contributed by atoms with van der Waals surface area (Å²) in [6.07, 6.45) is 8.52. The molecular formula is C21H32IN5O. The van der Waals surface area contributed by atoms with E-state index in [0.717, 1.165) is 50.3 Å². The first kappa shape index (κ1) is 22.7. The van der Waals surface area contributed by atoms with Gasteiger partial charge in [-0.15, -0.1) is 24.0 Å². The van der Waals surface area contributed by atoms with E-state index in [-0.39, 0.29) is 24.0 Å². The Balaban J connectivity index is 0.00000280. The first-order valence-corrected chi connectivity index (χ1v) is 9.85. The number of hydrogen-bond donors (Lipinski definition) is 1. The van der Waals surface area contributed by atoms with Crippen molar-refractivity contribution in [3.8, 4) is 5.69 Å². The van der Waals surface area contributed by atoms with Crippen molar-refractivity contribution < 1.29 is 4.74 Å². The summed E-state index contributed by atoms with van der Waals surface area (Å²) >= 11 is 0. The van der Waals surface area contributed by atoms with E-state index in [1.54, 1.807) is 0 Å². The van der Waals surface area contributed by atoms with Crippen LogP contribution in [0.25, 0.3) is 5.69 Å². The molecule has 1 saturated heterocycles. The summed E-state index contributed by atoms with van der Waals surface area (Å²) in [6, 6.07) is 10.2. The fourth-order valence-electron chi connectivity index (χ4n) is 3.43. The predicted molar refractivity (Wildman–Crippen MR) is 125 cm³/mol. The monoisotopic (exact) mass is 497 g/mol. The average Bonchev–Trinajstić information content (AvgIpc) is 3.20. The molecule has 1 N–H and O–H groups in total. The average molecular weight is 497 g/mol. The summed E-state index contributed by atoms with van der Waals surface area (Å²) in [5.41, 5.74) is 2.30. The highest BCUT2D eigenvalue weighted by atomic mass is 127. The zero-order valence-electron chi connectivity index (χ0n) is 16.9. The van der Waals surface area contributed by atoms with Crippen LogP contribution in [0.2, 0.25) is 0 Å². The number of ether oxygens (including phenoxy) is 1. The fraction of sp³-hybridized carbons (Fsp3) is 0.524. The van der Waals surface area contributed by atoms with E-state index in [0.29, 0.717) is 0 Å². The molecule has 154 valence electrons. The smallest absolute Gasteiger partial charge is 0.193 e. The first-order chi connectivity index (χ1) is 13.3. The van der Waals surface area contributed by atoms with Gasteiger partial charge in [-0.2, -0.15) is 5.10 Å². The maximum absolute atomic E-state index is 5.44. The minimum absolute atomic E-state index is 0. The number of aromatic nitrogens is 2. The van der Waals surface area contributed by atoms with Crippen molar-refractivity contribution in [1.82, 2.24) is 20.0 Å². The molecule has 0 atom stereocenters. The zero-order valence-corrected chi connectivity index (χ0v) is 19.2. The molecule has 0 spiro atoms. The van der Waals surface area contributed by atoms with Gasteiger partial charge in [0, 0.05) is 46.6 Å². The molecule has 2 aromatic rings. The molecule has 1 fully saturated rings. The number of halogens is 1. The molecule has 0 amide bonds. The molecule has 0 radical (unpaired) electrons. The summed E-state index contributed by atoms with van der Waals surface area (Å²) in [4.78, 5) is 6.65. The van der Waals surface area contributed by atoms with Crippen molar-refractivity contribution in [3.05, 3.63) is 48.3 Å². The second kappa shape index (κ2) is 12.1. The van der Waals surface area contributed by atoms with Crippen LogP contribution in [0.3, 0.4) is 0 Å². The molecule has 1 aliphatic rings. The Bertz CT molecular complexity index is 713. The van der Waals surface area contributed by atoms with Crippen molar-refractivity contribution in [2.24, 2.45) is 10.9 Å². The topological polar surface area (TPSA) is 54.7 Å². The quantitative estimate of drug-likeness (QED) is 0.362. The van der Waals surface area contributed by atoms with Crippen LogP contribution < -0.4 is 5.32 Å². The number of nitrogens with zero attached hydrogens (tertiary/aromatic N) is 4. The first-order valence-electron chi connectivity index (χ1n) is 9.85. The molecule has 1 aliphatic heterocycles. The van der Waals surface area contributed by atoms with E-state index >= 15 is 0 Å². The van der Waals surface area contributed by atoms with Gasteiger partial charge in [-0.25, -0.2) is 4.68 Å². The molecule has 6 nitrogen and oxygen atoms in total. The number of hydrogen-bond acceptors (Lipinski definition) is 3. The number of aliphatic imine (C=N–C) groups is 1. The second-order valence-electron chi connectivity index (χ2n) is 7.12. The minimum atomic E-state index is 0. The van der Waals surface area contributed by atoms with Crippen LogP contribution in [0.4, 0.5) is 0 Å². The lowest BCUT2D eigenvalue weighted by Crippen LogP contribution is -2.40. The molecule has 3 rings (SSSR count). The van der Waals surface area contributed by atoms with Crippen molar-refractivity contribution in [2.45, 2.75) is 25.7 Å². The zero-order chi connectivity index (χ0) is 18.9. The lowest BCUT2D eigenvalue weighted by atomic mass is 9.96. The maximum Gasteiger partial charge on any atom is 0.193 e. The number of benzene rings is 1. The standard InChI is InChI=1S/C21H31N5O.HI/c1-22-21(25(2)13-9-18-10-14-27-15-11-18)23-12-8-19-16-24-26(17-19)20-6-4-3-5-7-20;/h3-7,16-18H,8-15H2,1-2H3,(H,22,23);1H. The molecule has 0 bridgehead atoms. The third kappa shape index (κ3) is 6.77. The normalized spacial score (nSPS) is 15.1. The van der Waals surface area contributed by atoms with Crippen LogP contribution in [-0.4, -0.2) is 61.0 Å². The molecule has 7 heteroatoms. The van der Waals surface area contributed by atoms with Gasteiger partial charge in [0.2, 0.25) is 0 Å². The van der Waals surface area contributed by atoms with E-state index in [9.17, 15) is 0 Å². The van der Waals surface area contributed by atoms with E-state index < -0.39 is 0 Å². The Hall–Kier alpha value is -1.61. The Morgan fingerprint density at radius 3 is 2.75 bits per heavy atom. The van der Waals surface area contributed by atoms with Crippen LogP contribution in [0.5, 0.6) is 0 Å². The molecule has 0 unspecified atom stereocenters. The number of para-hydroxylation sites is 1. The third-order valence-corrected chi connectivity index (χ3v) is 5.14. The van der Waals surface area contributed by atoms with Gasteiger partial charge >= 0.3 is 0 Å². The fourth-order valence-corrected chi connectivity index (χ4v) is 3.43. The van der Waals surface area contributed by atoms with Crippen molar-refractivity contribution >= 4 is 29.9 Å². The Labute approximate surface area is 185 Å². The number of rotatable bonds is 7. The molecule has 1 aromatic carbocycles. The van der Waals surface area contributed by atoms with Crippen LogP contribution >= 0.6 is 24.0 Å². The Kier molecular flexibility index (Phi) is 9.77. The van der Waals surface area contributed by atoms with Crippen LogP contribution in [0, 0.1) is 5.92 Å². The highest BCUT2D eigenvalue weighted by molar-refractivity contribution is 14.0. The van der Waals surface area contributed by atoms with Gasteiger partial charge < -0.3 is 15.0 Å². The SMILES string of the molecule is CN=C(NCCc1cnn(-c2ccccc2)c1)N(C)CCC1CCOCC1.I. The van der Waals surface area contributed by atoms with E-state index in [1.807, 2.05) is 36.1 Å². The van der Waals surface area contributed by atoms with Crippen molar-refractivity contribution in [1.29, 1.82) is 0 Å². The van der Waals surface area contributed by atoms with E-state index in [2.05, 4.69) is 45.7 Å². The summed E-state index contributed by atoms with van der Waals surface area (Å²) < 4.78 is 7.36. The van der Waals surface area contributed by atoms with Crippen LogP contribution in [0.1, 0.15) is 24.8 Å². The maximum atomic E-state index is 5.44. The third-order valence-electron chi connectivity index (χ3n) is 5.14. The van der Waals surface area contributed by atoms with Crippen LogP contribution in [-0.2, 0) is 11.2 Å². The van der Waals surface area contributed by atoms with Gasteiger partial charge in [-0.3, -0.25) is 4.99 Å². The summed E-state index contributed by atoms with van der Waals surface area (Å²) in [7, 11) is 3.96. The van der Waals surface area contributed by atoms with Crippen molar-refractivity contribution in [2.75, 3.05) is 40.4 Å². The second-order valence-corrected chi connectivity index (χ2v) is 7.12. The Morgan fingerprint density at radius 2 is 2.04 bits per heavy atom. The largest absolute Gasteiger partial charge is 0.381 e.